The third-order valence-electron chi connectivity index (χ3n) is 3.78. The number of nitrogens with zero attached hydrogens (tertiary/aromatic N) is 5. The summed E-state index contributed by atoms with van der Waals surface area (Å²) in [5.41, 5.74) is 3.25. The molecule has 0 aliphatic rings. The SMILES string of the molecule is CCn1cc(-c2nncn2[C@@H](C)c2ccccc2)c(C)n1. The summed E-state index contributed by atoms with van der Waals surface area (Å²) in [6, 6.07) is 10.6. The van der Waals surface area contributed by atoms with Crippen LogP contribution >= 0.6 is 0 Å². The van der Waals surface area contributed by atoms with E-state index in [1.807, 2.05) is 23.9 Å². The Hall–Kier alpha value is -2.43. The molecule has 5 nitrogen and oxygen atoms in total. The largest absolute Gasteiger partial charge is 0.306 e. The van der Waals surface area contributed by atoms with Crippen molar-refractivity contribution in [3.05, 3.63) is 54.1 Å². The van der Waals surface area contributed by atoms with E-state index in [0.717, 1.165) is 23.6 Å². The van der Waals surface area contributed by atoms with Gasteiger partial charge in [0.1, 0.15) is 6.33 Å². The average Bonchev–Trinajstić information content (AvgIpc) is 3.13. The number of rotatable bonds is 4. The Morgan fingerprint density at radius 1 is 1.19 bits per heavy atom. The maximum atomic E-state index is 4.49. The standard InChI is InChI=1S/C16H19N5/c1-4-20-10-15(12(2)19-20)16-18-17-11-21(16)13(3)14-8-6-5-7-9-14/h5-11,13H,4H2,1-3H3/t13-/m0/s1. The topological polar surface area (TPSA) is 48.5 Å². The number of hydrogen-bond acceptors (Lipinski definition) is 3. The van der Waals surface area contributed by atoms with Gasteiger partial charge in [0.25, 0.3) is 0 Å². The molecule has 0 spiro atoms. The van der Waals surface area contributed by atoms with Gasteiger partial charge >= 0.3 is 0 Å². The van der Waals surface area contributed by atoms with E-state index in [1.54, 1.807) is 6.33 Å². The van der Waals surface area contributed by atoms with Crippen LogP contribution in [0.3, 0.4) is 0 Å². The first-order valence-electron chi connectivity index (χ1n) is 7.19. The second-order valence-corrected chi connectivity index (χ2v) is 5.13. The zero-order valence-electron chi connectivity index (χ0n) is 12.6. The fourth-order valence-corrected chi connectivity index (χ4v) is 2.51. The Morgan fingerprint density at radius 3 is 2.62 bits per heavy atom. The van der Waals surface area contributed by atoms with Gasteiger partial charge in [-0.2, -0.15) is 5.10 Å². The van der Waals surface area contributed by atoms with Crippen molar-refractivity contribution in [3.63, 3.8) is 0 Å². The average molecular weight is 281 g/mol. The molecule has 1 atom stereocenters. The molecule has 2 heterocycles. The summed E-state index contributed by atoms with van der Waals surface area (Å²) in [6.45, 7) is 7.09. The molecule has 0 fully saturated rings. The van der Waals surface area contributed by atoms with Crippen LogP contribution in [0.25, 0.3) is 11.4 Å². The van der Waals surface area contributed by atoms with Crippen molar-refractivity contribution in [3.8, 4) is 11.4 Å². The molecular weight excluding hydrogens is 262 g/mol. The first-order chi connectivity index (χ1) is 10.2. The minimum Gasteiger partial charge on any atom is -0.306 e. The van der Waals surface area contributed by atoms with Crippen LogP contribution in [0.15, 0.2) is 42.9 Å². The Balaban J connectivity index is 2.03. The van der Waals surface area contributed by atoms with Crippen LogP contribution in [0.5, 0.6) is 0 Å². The van der Waals surface area contributed by atoms with Gasteiger partial charge in [-0.15, -0.1) is 10.2 Å². The third kappa shape index (κ3) is 2.46. The highest BCUT2D eigenvalue weighted by Gasteiger charge is 2.17. The molecule has 1 aromatic carbocycles. The lowest BCUT2D eigenvalue weighted by atomic mass is 10.1. The molecule has 5 heteroatoms. The van der Waals surface area contributed by atoms with Crippen LogP contribution in [0.4, 0.5) is 0 Å². The number of hydrogen-bond donors (Lipinski definition) is 0. The molecular formula is C16H19N5. The van der Waals surface area contributed by atoms with Gasteiger partial charge in [0.15, 0.2) is 5.82 Å². The van der Waals surface area contributed by atoms with E-state index in [4.69, 9.17) is 0 Å². The predicted molar refractivity (Wildman–Crippen MR) is 81.9 cm³/mol. The molecule has 0 unspecified atom stereocenters. The van der Waals surface area contributed by atoms with E-state index in [1.165, 1.54) is 5.56 Å². The normalized spacial score (nSPS) is 12.5. The first kappa shape index (κ1) is 13.5. The van der Waals surface area contributed by atoms with Crippen molar-refractivity contribution in [2.45, 2.75) is 33.4 Å². The quantitative estimate of drug-likeness (QED) is 0.738. The molecule has 0 N–H and O–H groups in total. The molecule has 108 valence electrons. The predicted octanol–water partition coefficient (Wildman–Crippen LogP) is 3.08. The molecule has 0 saturated heterocycles. The number of aryl methyl sites for hydroxylation is 2. The molecule has 2 aromatic heterocycles. The second-order valence-electron chi connectivity index (χ2n) is 5.13. The van der Waals surface area contributed by atoms with Crippen LogP contribution in [0.2, 0.25) is 0 Å². The summed E-state index contributed by atoms with van der Waals surface area (Å²) in [7, 11) is 0. The molecule has 0 bridgehead atoms. The molecule has 3 aromatic rings. The minimum atomic E-state index is 0.181. The summed E-state index contributed by atoms with van der Waals surface area (Å²) < 4.78 is 4.02. The van der Waals surface area contributed by atoms with E-state index in [9.17, 15) is 0 Å². The van der Waals surface area contributed by atoms with Crippen molar-refractivity contribution < 1.29 is 0 Å². The third-order valence-corrected chi connectivity index (χ3v) is 3.78. The van der Waals surface area contributed by atoms with Gasteiger partial charge in [0, 0.05) is 12.7 Å². The molecule has 0 aliphatic heterocycles. The molecule has 0 radical (unpaired) electrons. The lowest BCUT2D eigenvalue weighted by Crippen LogP contribution is -2.07. The Labute approximate surface area is 124 Å². The highest BCUT2D eigenvalue weighted by atomic mass is 15.3. The maximum absolute atomic E-state index is 4.49. The van der Waals surface area contributed by atoms with E-state index in [2.05, 4.69) is 58.0 Å². The fourth-order valence-electron chi connectivity index (χ4n) is 2.51. The highest BCUT2D eigenvalue weighted by Crippen LogP contribution is 2.26. The summed E-state index contributed by atoms with van der Waals surface area (Å²) in [5.74, 6) is 0.864. The van der Waals surface area contributed by atoms with Crippen molar-refractivity contribution in [2.24, 2.45) is 0 Å². The smallest absolute Gasteiger partial charge is 0.167 e. The number of aromatic nitrogens is 5. The lowest BCUT2D eigenvalue weighted by molar-refractivity contribution is 0.642. The highest BCUT2D eigenvalue weighted by molar-refractivity contribution is 5.57. The van der Waals surface area contributed by atoms with Crippen LogP contribution in [0.1, 0.15) is 31.1 Å². The molecule has 0 amide bonds. The first-order valence-corrected chi connectivity index (χ1v) is 7.19. The molecule has 21 heavy (non-hydrogen) atoms. The van der Waals surface area contributed by atoms with Gasteiger partial charge in [-0.25, -0.2) is 0 Å². The summed E-state index contributed by atoms with van der Waals surface area (Å²) >= 11 is 0. The van der Waals surface area contributed by atoms with Crippen molar-refractivity contribution in [1.29, 1.82) is 0 Å². The zero-order valence-corrected chi connectivity index (χ0v) is 12.6. The lowest BCUT2D eigenvalue weighted by Gasteiger charge is -2.15. The van der Waals surface area contributed by atoms with Gasteiger partial charge in [-0.3, -0.25) is 4.68 Å². The van der Waals surface area contributed by atoms with Crippen LogP contribution in [-0.4, -0.2) is 24.5 Å². The Kier molecular flexibility index (Phi) is 3.56. The van der Waals surface area contributed by atoms with E-state index in [0.29, 0.717) is 0 Å². The molecule has 3 rings (SSSR count). The monoisotopic (exact) mass is 281 g/mol. The molecule has 0 saturated carbocycles. The van der Waals surface area contributed by atoms with Gasteiger partial charge in [-0.05, 0) is 26.3 Å². The van der Waals surface area contributed by atoms with Gasteiger partial charge in [0.2, 0.25) is 0 Å². The Bertz CT molecular complexity index is 726. The van der Waals surface area contributed by atoms with Crippen LogP contribution in [0, 0.1) is 6.92 Å². The van der Waals surface area contributed by atoms with Gasteiger partial charge in [-0.1, -0.05) is 30.3 Å². The maximum Gasteiger partial charge on any atom is 0.167 e. The van der Waals surface area contributed by atoms with Crippen LogP contribution < -0.4 is 0 Å². The summed E-state index contributed by atoms with van der Waals surface area (Å²) in [4.78, 5) is 0. The fraction of sp³-hybridized carbons (Fsp3) is 0.312. The van der Waals surface area contributed by atoms with Gasteiger partial charge < -0.3 is 4.57 Å². The van der Waals surface area contributed by atoms with E-state index in [-0.39, 0.29) is 6.04 Å². The van der Waals surface area contributed by atoms with E-state index < -0.39 is 0 Å². The summed E-state index contributed by atoms with van der Waals surface area (Å²) in [5, 5.41) is 12.9. The second kappa shape index (κ2) is 5.52. The van der Waals surface area contributed by atoms with Crippen molar-refractivity contribution in [2.75, 3.05) is 0 Å². The minimum absolute atomic E-state index is 0.181. The number of benzene rings is 1. The van der Waals surface area contributed by atoms with E-state index >= 15 is 0 Å². The summed E-state index contributed by atoms with van der Waals surface area (Å²) in [6.07, 6.45) is 3.82. The van der Waals surface area contributed by atoms with Crippen molar-refractivity contribution in [1.82, 2.24) is 24.5 Å². The Morgan fingerprint density at radius 2 is 1.95 bits per heavy atom. The van der Waals surface area contributed by atoms with Gasteiger partial charge in [0.05, 0.1) is 17.3 Å². The molecule has 0 aliphatic carbocycles. The zero-order chi connectivity index (χ0) is 14.8. The van der Waals surface area contributed by atoms with Crippen LogP contribution in [-0.2, 0) is 6.54 Å². The van der Waals surface area contributed by atoms with Crippen molar-refractivity contribution >= 4 is 0 Å².